The molecule has 0 aliphatic carbocycles. The molecule has 0 radical (unpaired) electrons. The lowest BCUT2D eigenvalue weighted by molar-refractivity contribution is 0.180. The molecule has 1 aromatic heterocycles. The third-order valence-electron chi connectivity index (χ3n) is 2.30. The maximum Gasteiger partial charge on any atom is 0.252 e. The number of sulfonamides is 1. The highest BCUT2D eigenvalue weighted by molar-refractivity contribution is 7.91. The van der Waals surface area contributed by atoms with Crippen molar-refractivity contribution in [1.82, 2.24) is 4.31 Å². The van der Waals surface area contributed by atoms with E-state index in [9.17, 15) is 8.42 Å². The van der Waals surface area contributed by atoms with Crippen LogP contribution < -0.4 is 0 Å². The third kappa shape index (κ3) is 3.49. The van der Waals surface area contributed by atoms with Crippen LogP contribution in [0.25, 0.3) is 0 Å². The molecule has 98 valence electrons. The lowest BCUT2D eigenvalue weighted by Crippen LogP contribution is -2.33. The average molecular weight is 279 g/mol. The molecule has 1 aromatic rings. The second-order valence-corrected chi connectivity index (χ2v) is 6.50. The molecule has 0 amide bonds. The number of nitrogens with zero attached hydrogens (tertiary/aromatic N) is 1. The number of hydrogen-bond donors (Lipinski definition) is 1. The minimum atomic E-state index is -3.45. The van der Waals surface area contributed by atoms with Crippen molar-refractivity contribution in [2.75, 3.05) is 26.8 Å². The molecule has 0 unspecified atom stereocenters. The highest BCUT2D eigenvalue weighted by atomic mass is 32.2. The Kier molecular flexibility index (Phi) is 5.54. The van der Waals surface area contributed by atoms with Crippen molar-refractivity contribution >= 4 is 21.4 Å². The Morgan fingerprint density at radius 1 is 1.53 bits per heavy atom. The van der Waals surface area contributed by atoms with E-state index in [-0.39, 0.29) is 10.8 Å². The molecule has 0 fully saturated rings. The van der Waals surface area contributed by atoms with Crippen LogP contribution in [-0.4, -0.2) is 44.6 Å². The largest absolute Gasteiger partial charge is 0.392 e. The van der Waals surface area contributed by atoms with Gasteiger partial charge in [-0.25, -0.2) is 8.42 Å². The van der Waals surface area contributed by atoms with Gasteiger partial charge in [-0.3, -0.25) is 0 Å². The van der Waals surface area contributed by atoms with Crippen LogP contribution >= 0.6 is 11.3 Å². The minimum absolute atomic E-state index is 0.143. The smallest absolute Gasteiger partial charge is 0.252 e. The van der Waals surface area contributed by atoms with Crippen LogP contribution in [0.2, 0.25) is 0 Å². The minimum Gasteiger partial charge on any atom is -0.392 e. The van der Waals surface area contributed by atoms with Gasteiger partial charge in [0.1, 0.15) is 4.21 Å². The van der Waals surface area contributed by atoms with Gasteiger partial charge in [-0.05, 0) is 17.0 Å². The van der Waals surface area contributed by atoms with Gasteiger partial charge in [-0.2, -0.15) is 4.31 Å². The zero-order chi connectivity index (χ0) is 12.9. The van der Waals surface area contributed by atoms with Gasteiger partial charge in [-0.1, -0.05) is 6.92 Å². The van der Waals surface area contributed by atoms with E-state index in [1.54, 1.807) is 12.3 Å². The lowest BCUT2D eigenvalue weighted by atomic mass is 10.4. The van der Waals surface area contributed by atoms with E-state index in [1.807, 2.05) is 0 Å². The molecule has 5 nitrogen and oxygen atoms in total. The summed E-state index contributed by atoms with van der Waals surface area (Å²) in [5, 5.41) is 10.6. The van der Waals surface area contributed by atoms with Crippen LogP contribution in [-0.2, 0) is 21.4 Å². The monoisotopic (exact) mass is 279 g/mol. The molecule has 0 aliphatic heterocycles. The van der Waals surface area contributed by atoms with Gasteiger partial charge < -0.3 is 9.84 Å². The van der Waals surface area contributed by atoms with Gasteiger partial charge in [0, 0.05) is 20.2 Å². The molecule has 0 saturated heterocycles. The Balaban J connectivity index is 2.91. The predicted molar refractivity (Wildman–Crippen MR) is 66.6 cm³/mol. The van der Waals surface area contributed by atoms with Gasteiger partial charge in [0.15, 0.2) is 0 Å². The van der Waals surface area contributed by atoms with Crippen LogP contribution in [0, 0.1) is 0 Å². The van der Waals surface area contributed by atoms with Crippen molar-refractivity contribution in [3.63, 3.8) is 0 Å². The van der Waals surface area contributed by atoms with Crippen LogP contribution in [0.5, 0.6) is 0 Å². The van der Waals surface area contributed by atoms with Crippen LogP contribution in [0.15, 0.2) is 15.7 Å². The summed E-state index contributed by atoms with van der Waals surface area (Å²) in [5.74, 6) is 0. The second kappa shape index (κ2) is 6.46. The Morgan fingerprint density at radius 3 is 2.71 bits per heavy atom. The molecule has 1 rings (SSSR count). The van der Waals surface area contributed by atoms with E-state index < -0.39 is 10.0 Å². The standard InChI is InChI=1S/C10H17NO4S2/c1-3-11(4-5-15-2)17(13,14)10-6-9(7-12)8-16-10/h6,8,12H,3-5,7H2,1-2H3. The summed E-state index contributed by atoms with van der Waals surface area (Å²) in [5.41, 5.74) is 0.622. The van der Waals surface area contributed by atoms with E-state index in [4.69, 9.17) is 9.84 Å². The summed E-state index contributed by atoms with van der Waals surface area (Å²) >= 11 is 1.13. The Morgan fingerprint density at radius 2 is 2.24 bits per heavy atom. The predicted octanol–water partition coefficient (Wildman–Crippen LogP) is 0.897. The van der Waals surface area contributed by atoms with Gasteiger partial charge in [0.25, 0.3) is 10.0 Å². The molecule has 0 atom stereocenters. The molecule has 0 saturated carbocycles. The first kappa shape index (κ1) is 14.6. The average Bonchev–Trinajstić information content (AvgIpc) is 2.79. The van der Waals surface area contributed by atoms with Crippen LogP contribution in [0.3, 0.4) is 0 Å². The SMILES string of the molecule is CCN(CCOC)S(=O)(=O)c1cc(CO)cs1. The van der Waals surface area contributed by atoms with Crippen molar-refractivity contribution in [2.24, 2.45) is 0 Å². The van der Waals surface area contributed by atoms with E-state index in [0.717, 1.165) is 11.3 Å². The number of rotatable bonds is 7. The number of methoxy groups -OCH3 is 1. The summed E-state index contributed by atoms with van der Waals surface area (Å²) in [6, 6.07) is 1.51. The molecular formula is C10H17NO4S2. The topological polar surface area (TPSA) is 66.8 Å². The van der Waals surface area contributed by atoms with Gasteiger partial charge >= 0.3 is 0 Å². The maximum atomic E-state index is 12.2. The third-order valence-corrected chi connectivity index (χ3v) is 5.74. The summed E-state index contributed by atoms with van der Waals surface area (Å²) in [6.07, 6.45) is 0. The molecule has 7 heteroatoms. The fourth-order valence-electron chi connectivity index (χ4n) is 1.34. The number of ether oxygens (including phenoxy) is 1. The summed E-state index contributed by atoms with van der Waals surface area (Å²) in [6.45, 7) is 2.75. The van der Waals surface area contributed by atoms with Crippen LogP contribution in [0.4, 0.5) is 0 Å². The van der Waals surface area contributed by atoms with Gasteiger partial charge in [-0.15, -0.1) is 11.3 Å². The van der Waals surface area contributed by atoms with Crippen molar-refractivity contribution in [3.8, 4) is 0 Å². The van der Waals surface area contributed by atoms with Crippen molar-refractivity contribution < 1.29 is 18.3 Å². The molecule has 0 aromatic carbocycles. The van der Waals surface area contributed by atoms with E-state index in [1.165, 1.54) is 17.5 Å². The zero-order valence-electron chi connectivity index (χ0n) is 9.92. The Labute approximate surface area is 106 Å². The summed E-state index contributed by atoms with van der Waals surface area (Å²) in [4.78, 5) is 0. The number of aliphatic hydroxyl groups excluding tert-OH is 1. The van der Waals surface area contributed by atoms with E-state index in [0.29, 0.717) is 25.3 Å². The number of likely N-dealkylation sites (N-methyl/N-ethyl adjacent to an activating group) is 1. The lowest BCUT2D eigenvalue weighted by Gasteiger charge is -2.18. The zero-order valence-corrected chi connectivity index (χ0v) is 11.6. The highest BCUT2D eigenvalue weighted by Crippen LogP contribution is 2.23. The summed E-state index contributed by atoms with van der Waals surface area (Å²) in [7, 11) is -1.91. The first-order chi connectivity index (χ1) is 8.06. The van der Waals surface area contributed by atoms with E-state index in [2.05, 4.69) is 0 Å². The molecule has 0 aliphatic rings. The highest BCUT2D eigenvalue weighted by Gasteiger charge is 2.24. The molecule has 0 spiro atoms. The number of aliphatic hydroxyl groups is 1. The Hall–Kier alpha value is -0.470. The molecule has 1 heterocycles. The first-order valence-electron chi connectivity index (χ1n) is 5.23. The molecule has 17 heavy (non-hydrogen) atoms. The van der Waals surface area contributed by atoms with Crippen molar-refractivity contribution in [2.45, 2.75) is 17.7 Å². The molecule has 1 N–H and O–H groups in total. The second-order valence-electron chi connectivity index (χ2n) is 3.42. The van der Waals surface area contributed by atoms with Crippen molar-refractivity contribution in [1.29, 1.82) is 0 Å². The maximum absolute atomic E-state index is 12.2. The first-order valence-corrected chi connectivity index (χ1v) is 7.55. The molecular weight excluding hydrogens is 262 g/mol. The fourth-order valence-corrected chi connectivity index (χ4v) is 4.13. The van der Waals surface area contributed by atoms with Crippen molar-refractivity contribution in [3.05, 3.63) is 17.0 Å². The quantitative estimate of drug-likeness (QED) is 0.805. The summed E-state index contributed by atoms with van der Waals surface area (Å²) < 4.78 is 30.9. The fraction of sp³-hybridized carbons (Fsp3) is 0.600. The van der Waals surface area contributed by atoms with E-state index >= 15 is 0 Å². The van der Waals surface area contributed by atoms with Gasteiger partial charge in [0.05, 0.1) is 13.2 Å². The normalized spacial score (nSPS) is 12.2. The molecule has 0 bridgehead atoms. The number of thiophene rings is 1. The Bertz CT molecular complexity index is 441. The number of hydrogen-bond acceptors (Lipinski definition) is 5. The van der Waals surface area contributed by atoms with Gasteiger partial charge in [0.2, 0.25) is 0 Å². The van der Waals surface area contributed by atoms with Crippen LogP contribution in [0.1, 0.15) is 12.5 Å².